The van der Waals surface area contributed by atoms with Gasteiger partial charge in [0.1, 0.15) is 5.60 Å². The highest BCUT2D eigenvalue weighted by molar-refractivity contribution is 9.10. The summed E-state index contributed by atoms with van der Waals surface area (Å²) in [5, 5.41) is 11.4. The van der Waals surface area contributed by atoms with Gasteiger partial charge in [0.2, 0.25) is 0 Å². The van der Waals surface area contributed by atoms with Crippen molar-refractivity contribution in [3.05, 3.63) is 54.9 Å². The minimum atomic E-state index is -1.31. The van der Waals surface area contributed by atoms with Crippen molar-refractivity contribution in [3.8, 4) is 0 Å². The summed E-state index contributed by atoms with van der Waals surface area (Å²) in [4.78, 5) is 8.36. The Labute approximate surface area is 204 Å². The first kappa shape index (κ1) is 24.4. The molecular weight excluding hydrogens is 558 g/mol. The molecule has 0 spiro atoms. The Bertz CT molecular complexity index is 801. The second-order valence-electron chi connectivity index (χ2n) is 8.09. The van der Waals surface area contributed by atoms with Gasteiger partial charge in [-0.15, -0.1) is 0 Å². The molecule has 164 valence electrons. The van der Waals surface area contributed by atoms with E-state index in [1.807, 2.05) is 0 Å². The Morgan fingerprint density at radius 2 is 1.20 bits per heavy atom. The summed E-state index contributed by atoms with van der Waals surface area (Å²) >= 11 is 18.7. The molecule has 3 nitrogen and oxygen atoms in total. The fraction of sp³-hybridized carbons (Fsp3) is 0.545. The zero-order valence-electron chi connectivity index (χ0n) is 16.6. The molecule has 30 heavy (non-hydrogen) atoms. The predicted octanol–water partition coefficient (Wildman–Crippen LogP) is 8.28. The quantitative estimate of drug-likeness (QED) is 0.387. The van der Waals surface area contributed by atoms with Gasteiger partial charge in [0, 0.05) is 21.3 Å². The van der Waals surface area contributed by atoms with E-state index < -0.39 is 11.3 Å². The molecule has 2 aliphatic rings. The summed E-state index contributed by atoms with van der Waals surface area (Å²) in [5.41, 5.74) is -1.08. The predicted molar refractivity (Wildman–Crippen MR) is 127 cm³/mol. The first-order valence-electron chi connectivity index (χ1n) is 10.3. The first-order valence-corrected chi connectivity index (χ1v) is 12.6. The van der Waals surface area contributed by atoms with Gasteiger partial charge in [-0.3, -0.25) is 9.97 Å². The Morgan fingerprint density at radius 1 is 0.767 bits per heavy atom. The van der Waals surface area contributed by atoms with Gasteiger partial charge in [-0.1, -0.05) is 48.9 Å². The molecule has 2 heterocycles. The lowest BCUT2D eigenvalue weighted by Crippen LogP contribution is -2.29. The van der Waals surface area contributed by atoms with Crippen LogP contribution in [-0.2, 0) is 11.3 Å². The fourth-order valence-corrected chi connectivity index (χ4v) is 5.83. The average molecular weight is 583 g/mol. The second-order valence-corrected chi connectivity index (χ2v) is 10.7. The Balaban J connectivity index is 0.000000171. The van der Waals surface area contributed by atoms with E-state index >= 15 is 0 Å². The number of hydrogen-bond acceptors (Lipinski definition) is 3. The number of halogens is 5. The molecule has 8 heteroatoms. The van der Waals surface area contributed by atoms with E-state index in [4.69, 9.17) is 23.2 Å². The standard InChI is InChI=1S/C11H12BrClFN.C11H13BrClNO/c12-8-6-9(13)10(15-7-8)11(14)4-2-1-3-5-11;12-8-6-9(13)10(14-7-8)11(15)4-2-1-3-5-11/h6-7H,1-5H2;6-7,15H,1-5H2. The molecule has 1 N–H and O–H groups in total. The SMILES string of the molecule is FC1(c2ncc(Br)cc2Cl)CCCCC1.OC1(c2ncc(Br)cc2Cl)CCCCC1. The van der Waals surface area contributed by atoms with Crippen molar-refractivity contribution in [2.24, 2.45) is 0 Å². The third-order valence-corrected chi connectivity index (χ3v) is 7.25. The van der Waals surface area contributed by atoms with Crippen molar-refractivity contribution in [1.82, 2.24) is 9.97 Å². The smallest absolute Gasteiger partial charge is 0.154 e. The van der Waals surface area contributed by atoms with Gasteiger partial charge in [-0.05, 0) is 82.5 Å². The molecule has 4 rings (SSSR count). The summed E-state index contributed by atoms with van der Waals surface area (Å²) in [6, 6.07) is 3.50. The Morgan fingerprint density at radius 3 is 1.67 bits per heavy atom. The second kappa shape index (κ2) is 10.6. The number of aliphatic hydroxyl groups is 1. The molecule has 0 unspecified atom stereocenters. The molecule has 2 saturated carbocycles. The molecule has 0 aliphatic heterocycles. The van der Waals surface area contributed by atoms with Crippen molar-refractivity contribution < 1.29 is 9.50 Å². The largest absolute Gasteiger partial charge is 0.383 e. The van der Waals surface area contributed by atoms with Crippen LogP contribution in [0, 0.1) is 0 Å². The Hall–Kier alpha value is -0.270. The Kier molecular flexibility index (Phi) is 8.58. The molecule has 0 amide bonds. The van der Waals surface area contributed by atoms with Crippen LogP contribution in [0.3, 0.4) is 0 Å². The van der Waals surface area contributed by atoms with Gasteiger partial charge in [-0.25, -0.2) is 4.39 Å². The van der Waals surface area contributed by atoms with E-state index in [9.17, 15) is 9.50 Å². The van der Waals surface area contributed by atoms with Crippen LogP contribution in [0.1, 0.15) is 75.6 Å². The van der Waals surface area contributed by atoms with E-state index in [1.165, 1.54) is 6.42 Å². The van der Waals surface area contributed by atoms with E-state index in [-0.39, 0.29) is 0 Å². The van der Waals surface area contributed by atoms with Crippen molar-refractivity contribution in [1.29, 1.82) is 0 Å². The minimum Gasteiger partial charge on any atom is -0.383 e. The van der Waals surface area contributed by atoms with Gasteiger partial charge < -0.3 is 5.11 Å². The molecule has 2 fully saturated rings. The van der Waals surface area contributed by atoms with Gasteiger partial charge in [-0.2, -0.15) is 0 Å². The van der Waals surface area contributed by atoms with Crippen LogP contribution in [0.4, 0.5) is 4.39 Å². The van der Waals surface area contributed by atoms with E-state index in [2.05, 4.69) is 41.8 Å². The van der Waals surface area contributed by atoms with Gasteiger partial charge in [0.25, 0.3) is 0 Å². The van der Waals surface area contributed by atoms with Gasteiger partial charge in [0.05, 0.1) is 21.4 Å². The number of pyridine rings is 2. The third kappa shape index (κ3) is 5.94. The number of aromatic nitrogens is 2. The average Bonchev–Trinajstić information content (AvgIpc) is 2.69. The molecule has 2 aliphatic carbocycles. The molecule has 0 atom stereocenters. The number of nitrogens with zero attached hydrogens (tertiary/aromatic N) is 2. The summed E-state index contributed by atoms with van der Waals surface area (Å²) in [5.74, 6) is 0. The van der Waals surface area contributed by atoms with Crippen molar-refractivity contribution in [2.75, 3.05) is 0 Å². The lowest BCUT2D eigenvalue weighted by atomic mass is 9.82. The minimum absolute atomic E-state index is 0.409. The molecule has 0 bridgehead atoms. The molecule has 0 radical (unpaired) electrons. The van der Waals surface area contributed by atoms with Crippen LogP contribution in [0.25, 0.3) is 0 Å². The van der Waals surface area contributed by atoms with Crippen molar-refractivity contribution in [2.45, 2.75) is 75.5 Å². The van der Waals surface area contributed by atoms with Crippen LogP contribution >= 0.6 is 55.1 Å². The topological polar surface area (TPSA) is 46.0 Å². The maximum atomic E-state index is 14.5. The maximum absolute atomic E-state index is 14.5. The summed E-state index contributed by atoms with van der Waals surface area (Å²) < 4.78 is 16.2. The van der Waals surface area contributed by atoms with Gasteiger partial charge >= 0.3 is 0 Å². The lowest BCUT2D eigenvalue weighted by Gasteiger charge is -2.32. The van der Waals surface area contributed by atoms with Crippen LogP contribution in [-0.4, -0.2) is 15.1 Å². The normalized spacial score (nSPS) is 20.2. The van der Waals surface area contributed by atoms with E-state index in [0.717, 1.165) is 53.9 Å². The summed E-state index contributed by atoms with van der Waals surface area (Å²) in [6.45, 7) is 0. The van der Waals surface area contributed by atoms with Crippen LogP contribution in [0.15, 0.2) is 33.5 Å². The third-order valence-electron chi connectivity index (χ3n) is 5.81. The highest BCUT2D eigenvalue weighted by Crippen LogP contribution is 2.43. The number of rotatable bonds is 2. The van der Waals surface area contributed by atoms with Crippen molar-refractivity contribution in [3.63, 3.8) is 0 Å². The van der Waals surface area contributed by atoms with Crippen LogP contribution in [0.2, 0.25) is 10.0 Å². The zero-order valence-corrected chi connectivity index (χ0v) is 21.3. The van der Waals surface area contributed by atoms with Gasteiger partial charge in [0.15, 0.2) is 5.67 Å². The number of hydrogen-bond donors (Lipinski definition) is 1. The van der Waals surface area contributed by atoms with E-state index in [1.54, 1.807) is 24.5 Å². The highest BCUT2D eigenvalue weighted by atomic mass is 79.9. The summed E-state index contributed by atoms with van der Waals surface area (Å²) in [6.07, 6.45) is 12.1. The molecule has 0 aromatic carbocycles. The lowest BCUT2D eigenvalue weighted by molar-refractivity contribution is -0.00454. The first-order chi connectivity index (χ1) is 14.2. The molecule has 0 saturated heterocycles. The molecule has 2 aromatic rings. The highest BCUT2D eigenvalue weighted by Gasteiger charge is 2.37. The monoisotopic (exact) mass is 580 g/mol. The summed E-state index contributed by atoms with van der Waals surface area (Å²) in [7, 11) is 0. The fourth-order valence-electron chi connectivity index (χ4n) is 4.22. The van der Waals surface area contributed by atoms with Crippen LogP contribution < -0.4 is 0 Å². The molecule has 2 aromatic heterocycles. The number of alkyl halides is 1. The zero-order chi connectivity index (χ0) is 21.8. The maximum Gasteiger partial charge on any atom is 0.154 e. The molecular formula is C22H25Br2Cl2FN2O. The van der Waals surface area contributed by atoms with E-state index in [0.29, 0.717) is 34.3 Å². The van der Waals surface area contributed by atoms with Crippen molar-refractivity contribution >= 4 is 55.1 Å². The van der Waals surface area contributed by atoms with Crippen LogP contribution in [0.5, 0.6) is 0 Å².